The van der Waals surface area contributed by atoms with Gasteiger partial charge in [0.1, 0.15) is 11.4 Å². The van der Waals surface area contributed by atoms with Crippen LogP contribution in [-0.4, -0.2) is 14.2 Å². The predicted molar refractivity (Wildman–Crippen MR) is 45.0 cm³/mol. The third-order valence-corrected chi connectivity index (χ3v) is 1.49. The highest BCUT2D eigenvalue weighted by molar-refractivity contribution is 5.54. The molecule has 0 unspecified atom stereocenters. The van der Waals surface area contributed by atoms with Crippen LogP contribution < -0.4 is 9.47 Å². The van der Waals surface area contributed by atoms with Crippen molar-refractivity contribution in [1.82, 2.24) is 0 Å². The van der Waals surface area contributed by atoms with Gasteiger partial charge in [-0.2, -0.15) is 0 Å². The van der Waals surface area contributed by atoms with Crippen molar-refractivity contribution in [3.8, 4) is 11.5 Å². The van der Waals surface area contributed by atoms with E-state index in [-0.39, 0.29) is 5.69 Å². The van der Waals surface area contributed by atoms with Gasteiger partial charge in [-0.15, -0.1) is 4.91 Å². The quantitative estimate of drug-likeness (QED) is 0.647. The highest BCUT2D eigenvalue weighted by atomic mass is 16.5. The molecule has 0 aliphatic heterocycles. The Morgan fingerprint density at radius 1 is 1.25 bits per heavy atom. The van der Waals surface area contributed by atoms with Crippen LogP contribution in [0.15, 0.2) is 23.4 Å². The standard InChI is InChI=1S/C8H9NO3/c1-11-6-3-4-7(9-10)8(5-6)12-2/h3-5H,1-2H3. The van der Waals surface area contributed by atoms with E-state index in [1.807, 2.05) is 0 Å². The molecule has 0 radical (unpaired) electrons. The average molecular weight is 167 g/mol. The zero-order valence-electron chi connectivity index (χ0n) is 6.90. The van der Waals surface area contributed by atoms with Crippen LogP contribution in [0, 0.1) is 4.91 Å². The summed E-state index contributed by atoms with van der Waals surface area (Å²) in [4.78, 5) is 10.2. The minimum Gasteiger partial charge on any atom is -0.497 e. The van der Waals surface area contributed by atoms with Crippen molar-refractivity contribution in [2.45, 2.75) is 0 Å². The SMILES string of the molecule is COc1ccc(N=O)c(OC)c1. The highest BCUT2D eigenvalue weighted by Crippen LogP contribution is 2.30. The number of ether oxygens (including phenoxy) is 2. The first kappa shape index (κ1) is 8.52. The molecule has 0 aliphatic carbocycles. The van der Waals surface area contributed by atoms with Gasteiger partial charge >= 0.3 is 0 Å². The molecule has 0 aliphatic rings. The third-order valence-electron chi connectivity index (χ3n) is 1.49. The maximum atomic E-state index is 10.2. The van der Waals surface area contributed by atoms with Crippen LogP contribution in [0.25, 0.3) is 0 Å². The van der Waals surface area contributed by atoms with Crippen LogP contribution in [0.1, 0.15) is 0 Å². The fraction of sp³-hybridized carbons (Fsp3) is 0.250. The molecule has 0 aromatic heterocycles. The summed E-state index contributed by atoms with van der Waals surface area (Å²) in [5, 5.41) is 2.79. The zero-order valence-corrected chi connectivity index (χ0v) is 6.90. The number of hydrogen-bond donors (Lipinski definition) is 0. The monoisotopic (exact) mass is 167 g/mol. The largest absolute Gasteiger partial charge is 0.497 e. The molecule has 0 atom stereocenters. The second-order valence-electron chi connectivity index (χ2n) is 2.13. The lowest BCUT2D eigenvalue weighted by atomic mass is 10.3. The second kappa shape index (κ2) is 3.71. The summed E-state index contributed by atoms with van der Waals surface area (Å²) in [6.07, 6.45) is 0. The summed E-state index contributed by atoms with van der Waals surface area (Å²) in [7, 11) is 3.02. The number of hydrogen-bond acceptors (Lipinski definition) is 4. The normalized spacial score (nSPS) is 9.17. The lowest BCUT2D eigenvalue weighted by Gasteiger charge is -2.04. The van der Waals surface area contributed by atoms with E-state index in [1.165, 1.54) is 7.11 Å². The van der Waals surface area contributed by atoms with Crippen LogP contribution in [0.4, 0.5) is 5.69 Å². The van der Waals surface area contributed by atoms with Gasteiger partial charge in [0.15, 0.2) is 5.75 Å². The molecule has 0 heterocycles. The van der Waals surface area contributed by atoms with E-state index >= 15 is 0 Å². The van der Waals surface area contributed by atoms with E-state index < -0.39 is 0 Å². The first-order valence-electron chi connectivity index (χ1n) is 3.37. The van der Waals surface area contributed by atoms with Crippen LogP contribution in [0.3, 0.4) is 0 Å². The fourth-order valence-corrected chi connectivity index (χ4v) is 0.860. The number of benzene rings is 1. The maximum Gasteiger partial charge on any atom is 0.151 e. The van der Waals surface area contributed by atoms with Crippen molar-refractivity contribution in [2.24, 2.45) is 5.18 Å². The summed E-state index contributed by atoms with van der Waals surface area (Å²) < 4.78 is 9.84. The molecular formula is C8H9NO3. The van der Waals surface area contributed by atoms with E-state index in [0.29, 0.717) is 11.5 Å². The van der Waals surface area contributed by atoms with Crippen molar-refractivity contribution in [3.05, 3.63) is 23.1 Å². The Hall–Kier alpha value is -1.58. The van der Waals surface area contributed by atoms with Crippen LogP contribution in [0.2, 0.25) is 0 Å². The molecule has 0 saturated carbocycles. The fourth-order valence-electron chi connectivity index (χ4n) is 0.860. The van der Waals surface area contributed by atoms with Crippen molar-refractivity contribution in [1.29, 1.82) is 0 Å². The minimum atomic E-state index is 0.276. The zero-order chi connectivity index (χ0) is 8.97. The predicted octanol–water partition coefficient (Wildman–Crippen LogP) is 2.10. The first-order chi connectivity index (χ1) is 5.81. The molecule has 0 saturated heterocycles. The molecular weight excluding hydrogens is 158 g/mol. The number of rotatable bonds is 3. The molecule has 64 valence electrons. The van der Waals surface area contributed by atoms with Gasteiger partial charge < -0.3 is 9.47 Å². The van der Waals surface area contributed by atoms with E-state index in [4.69, 9.17) is 9.47 Å². The van der Waals surface area contributed by atoms with E-state index in [1.54, 1.807) is 25.3 Å². The van der Waals surface area contributed by atoms with Gasteiger partial charge in [-0.3, -0.25) is 0 Å². The molecule has 12 heavy (non-hydrogen) atoms. The van der Waals surface area contributed by atoms with Gasteiger partial charge in [-0.05, 0) is 17.3 Å². The van der Waals surface area contributed by atoms with Gasteiger partial charge in [-0.25, -0.2) is 0 Å². The number of methoxy groups -OCH3 is 2. The Kier molecular flexibility index (Phi) is 2.63. The average Bonchev–Trinajstić information content (AvgIpc) is 2.16. The second-order valence-corrected chi connectivity index (χ2v) is 2.13. The van der Waals surface area contributed by atoms with Crippen molar-refractivity contribution in [3.63, 3.8) is 0 Å². The third kappa shape index (κ3) is 1.53. The smallest absolute Gasteiger partial charge is 0.151 e. The van der Waals surface area contributed by atoms with E-state index in [9.17, 15) is 4.91 Å². The molecule has 1 aromatic rings. The lowest BCUT2D eigenvalue weighted by Crippen LogP contribution is -1.86. The van der Waals surface area contributed by atoms with Crippen molar-refractivity contribution >= 4 is 5.69 Å². The van der Waals surface area contributed by atoms with Gasteiger partial charge in [0.25, 0.3) is 0 Å². The first-order valence-corrected chi connectivity index (χ1v) is 3.37. The molecule has 0 spiro atoms. The summed E-state index contributed by atoms with van der Waals surface area (Å²) in [6.45, 7) is 0. The Morgan fingerprint density at radius 3 is 2.50 bits per heavy atom. The molecule has 0 amide bonds. The summed E-state index contributed by atoms with van der Waals surface area (Å²) >= 11 is 0. The summed E-state index contributed by atoms with van der Waals surface area (Å²) in [5.74, 6) is 1.06. The molecule has 1 aromatic carbocycles. The molecule has 0 bridgehead atoms. The van der Waals surface area contributed by atoms with Gasteiger partial charge in [0, 0.05) is 6.07 Å². The highest BCUT2D eigenvalue weighted by Gasteiger charge is 2.03. The molecule has 0 N–H and O–H groups in total. The topological polar surface area (TPSA) is 47.9 Å². The van der Waals surface area contributed by atoms with E-state index in [0.717, 1.165) is 0 Å². The Bertz CT molecular complexity index is 286. The Morgan fingerprint density at radius 2 is 2.00 bits per heavy atom. The molecule has 4 nitrogen and oxygen atoms in total. The summed E-state index contributed by atoms with van der Waals surface area (Å²) in [6, 6.07) is 4.81. The van der Waals surface area contributed by atoms with Gasteiger partial charge in [-0.1, -0.05) is 0 Å². The van der Waals surface area contributed by atoms with Crippen LogP contribution in [-0.2, 0) is 0 Å². The Balaban J connectivity index is 3.10. The lowest BCUT2D eigenvalue weighted by molar-refractivity contribution is 0.395. The van der Waals surface area contributed by atoms with Crippen LogP contribution in [0.5, 0.6) is 11.5 Å². The summed E-state index contributed by atoms with van der Waals surface area (Å²) in [5.41, 5.74) is 0.276. The number of nitroso groups, excluding NO2 is 1. The molecule has 1 rings (SSSR count). The number of nitrogens with zero attached hydrogens (tertiary/aromatic N) is 1. The van der Waals surface area contributed by atoms with Crippen LogP contribution >= 0.6 is 0 Å². The molecule has 0 fully saturated rings. The Labute approximate surface area is 70.1 Å². The van der Waals surface area contributed by atoms with Crippen molar-refractivity contribution < 1.29 is 9.47 Å². The van der Waals surface area contributed by atoms with Gasteiger partial charge in [0.2, 0.25) is 0 Å². The van der Waals surface area contributed by atoms with E-state index in [2.05, 4.69) is 5.18 Å². The van der Waals surface area contributed by atoms with Crippen molar-refractivity contribution in [2.75, 3.05) is 14.2 Å². The maximum absolute atomic E-state index is 10.2. The van der Waals surface area contributed by atoms with Gasteiger partial charge in [0.05, 0.1) is 14.2 Å². The molecule has 4 heteroatoms. The minimum absolute atomic E-state index is 0.276.